The number of aryl methyl sites for hydroxylation is 2. The minimum Gasteiger partial charge on any atom is -0.380 e. The topological polar surface area (TPSA) is 81.4 Å². The predicted molar refractivity (Wildman–Crippen MR) is 81.7 cm³/mol. The van der Waals surface area contributed by atoms with Gasteiger partial charge in [0.05, 0.1) is 35.8 Å². The molecule has 0 bridgehead atoms. The quantitative estimate of drug-likeness (QED) is 0.860. The van der Waals surface area contributed by atoms with Crippen LogP contribution in [0.5, 0.6) is 0 Å². The number of hydrogen-bond acceptors (Lipinski definition) is 6. The number of likely N-dealkylation sites (tertiary alicyclic amines) is 1. The number of rotatable bonds is 4. The van der Waals surface area contributed by atoms with Gasteiger partial charge >= 0.3 is 0 Å². The van der Waals surface area contributed by atoms with E-state index in [9.17, 15) is 4.79 Å². The summed E-state index contributed by atoms with van der Waals surface area (Å²) in [6.45, 7) is 4.66. The molecule has 122 valence electrons. The van der Waals surface area contributed by atoms with E-state index in [1.54, 1.807) is 31.3 Å². The Bertz CT molecular complexity index is 713. The average molecular weight is 316 g/mol. The van der Waals surface area contributed by atoms with Gasteiger partial charge in [0, 0.05) is 19.9 Å². The molecular weight excluding hydrogens is 296 g/mol. The van der Waals surface area contributed by atoms with Crippen LogP contribution in [-0.2, 0) is 11.3 Å². The molecule has 0 unspecified atom stereocenters. The first-order valence-electron chi connectivity index (χ1n) is 7.65. The van der Waals surface area contributed by atoms with E-state index in [4.69, 9.17) is 9.26 Å². The minimum atomic E-state index is -0.139. The monoisotopic (exact) mass is 316 g/mol. The van der Waals surface area contributed by atoms with Crippen molar-refractivity contribution in [2.75, 3.05) is 13.7 Å². The molecule has 2 aromatic rings. The van der Waals surface area contributed by atoms with E-state index in [0.717, 1.165) is 24.2 Å². The molecule has 1 saturated heterocycles. The van der Waals surface area contributed by atoms with Crippen molar-refractivity contribution in [1.29, 1.82) is 0 Å². The number of hydrogen-bond donors (Lipinski definition) is 0. The molecule has 0 aliphatic carbocycles. The zero-order valence-electron chi connectivity index (χ0n) is 13.6. The first kappa shape index (κ1) is 15.6. The van der Waals surface area contributed by atoms with Crippen LogP contribution in [-0.4, -0.2) is 39.6 Å². The Morgan fingerprint density at radius 2 is 2.26 bits per heavy atom. The first-order valence-corrected chi connectivity index (χ1v) is 7.65. The molecule has 1 atom stereocenters. The van der Waals surface area contributed by atoms with Gasteiger partial charge in [-0.2, -0.15) is 0 Å². The molecular formula is C16H20N4O3. The molecule has 0 N–H and O–H groups in total. The van der Waals surface area contributed by atoms with Crippen molar-refractivity contribution in [3.63, 3.8) is 0 Å². The van der Waals surface area contributed by atoms with Crippen molar-refractivity contribution in [3.05, 3.63) is 40.8 Å². The molecule has 3 rings (SSSR count). The highest BCUT2D eigenvalue weighted by Gasteiger charge is 2.34. The molecule has 7 nitrogen and oxygen atoms in total. The lowest BCUT2D eigenvalue weighted by molar-refractivity contribution is 0.0717. The van der Waals surface area contributed by atoms with Crippen LogP contribution >= 0.6 is 0 Å². The van der Waals surface area contributed by atoms with Crippen molar-refractivity contribution in [2.45, 2.75) is 39.3 Å². The molecule has 0 spiro atoms. The molecule has 2 aromatic heterocycles. The third-order valence-corrected chi connectivity index (χ3v) is 4.10. The Morgan fingerprint density at radius 1 is 1.43 bits per heavy atom. The van der Waals surface area contributed by atoms with Gasteiger partial charge in [-0.15, -0.1) is 0 Å². The highest BCUT2D eigenvalue weighted by atomic mass is 16.5. The number of ether oxygens (including phenoxy) is 1. The fourth-order valence-corrected chi connectivity index (χ4v) is 2.97. The average Bonchev–Trinajstić information content (AvgIpc) is 3.15. The molecule has 1 aliphatic rings. The molecule has 0 saturated carbocycles. The van der Waals surface area contributed by atoms with E-state index in [1.165, 1.54) is 0 Å². The SMILES string of the molecule is COCc1c(C(=O)N2CCC[C@@H]2c2cncc(C)n2)noc1C. The van der Waals surface area contributed by atoms with Gasteiger partial charge in [0.25, 0.3) is 5.91 Å². The standard InChI is InChI=1S/C16H20N4O3/c1-10-7-17-8-13(18-10)14-5-4-6-20(14)16(21)15-12(9-22-3)11(2)23-19-15/h7-8,14H,4-6,9H2,1-3H3/t14-/m1/s1. The Morgan fingerprint density at radius 3 is 3.00 bits per heavy atom. The molecule has 23 heavy (non-hydrogen) atoms. The van der Waals surface area contributed by atoms with Gasteiger partial charge in [-0.05, 0) is 26.7 Å². The van der Waals surface area contributed by atoms with E-state index >= 15 is 0 Å². The summed E-state index contributed by atoms with van der Waals surface area (Å²) in [6.07, 6.45) is 5.25. The Balaban J connectivity index is 1.89. The maximum atomic E-state index is 12.9. The van der Waals surface area contributed by atoms with Gasteiger partial charge in [-0.1, -0.05) is 5.16 Å². The lowest BCUT2D eigenvalue weighted by atomic mass is 10.1. The highest BCUT2D eigenvalue weighted by Crippen LogP contribution is 2.32. The van der Waals surface area contributed by atoms with E-state index in [0.29, 0.717) is 30.2 Å². The van der Waals surface area contributed by atoms with Gasteiger partial charge in [0.1, 0.15) is 5.76 Å². The second-order valence-electron chi connectivity index (χ2n) is 5.74. The van der Waals surface area contributed by atoms with Crippen LogP contribution in [0.15, 0.2) is 16.9 Å². The summed E-state index contributed by atoms with van der Waals surface area (Å²) in [6, 6.07) is -0.0673. The number of amides is 1. The smallest absolute Gasteiger partial charge is 0.276 e. The van der Waals surface area contributed by atoms with Crippen molar-refractivity contribution < 1.29 is 14.1 Å². The molecule has 0 radical (unpaired) electrons. The summed E-state index contributed by atoms with van der Waals surface area (Å²) in [5, 5.41) is 3.94. The zero-order valence-corrected chi connectivity index (χ0v) is 13.6. The second-order valence-corrected chi connectivity index (χ2v) is 5.74. The molecule has 0 aromatic carbocycles. The van der Waals surface area contributed by atoms with E-state index in [2.05, 4.69) is 15.1 Å². The summed E-state index contributed by atoms with van der Waals surface area (Å²) in [5.74, 6) is 0.473. The number of nitrogens with zero attached hydrogens (tertiary/aromatic N) is 4. The van der Waals surface area contributed by atoms with Crippen LogP contribution in [0.25, 0.3) is 0 Å². The van der Waals surface area contributed by atoms with Crippen LogP contribution in [0.2, 0.25) is 0 Å². The van der Waals surface area contributed by atoms with Crippen molar-refractivity contribution in [1.82, 2.24) is 20.0 Å². The summed E-state index contributed by atoms with van der Waals surface area (Å²) in [7, 11) is 1.59. The number of carbonyl (C=O) groups is 1. The molecule has 7 heteroatoms. The van der Waals surface area contributed by atoms with E-state index < -0.39 is 0 Å². The largest absolute Gasteiger partial charge is 0.380 e. The van der Waals surface area contributed by atoms with Crippen LogP contribution in [0.1, 0.15) is 52.1 Å². The van der Waals surface area contributed by atoms with E-state index in [-0.39, 0.29) is 11.9 Å². The van der Waals surface area contributed by atoms with Gasteiger partial charge in [0.2, 0.25) is 0 Å². The lowest BCUT2D eigenvalue weighted by Gasteiger charge is -2.23. The van der Waals surface area contributed by atoms with Gasteiger partial charge in [0.15, 0.2) is 5.69 Å². The number of aromatic nitrogens is 3. The minimum absolute atomic E-state index is 0.0673. The third kappa shape index (κ3) is 2.96. The van der Waals surface area contributed by atoms with Gasteiger partial charge < -0.3 is 14.2 Å². The number of methoxy groups -OCH3 is 1. The summed E-state index contributed by atoms with van der Waals surface area (Å²) >= 11 is 0. The van der Waals surface area contributed by atoms with E-state index in [1.807, 2.05) is 6.92 Å². The van der Waals surface area contributed by atoms with Crippen LogP contribution < -0.4 is 0 Å². The third-order valence-electron chi connectivity index (χ3n) is 4.10. The maximum Gasteiger partial charge on any atom is 0.276 e. The highest BCUT2D eigenvalue weighted by molar-refractivity contribution is 5.94. The fraction of sp³-hybridized carbons (Fsp3) is 0.500. The number of carbonyl (C=O) groups excluding carboxylic acids is 1. The Kier molecular flexibility index (Phi) is 4.38. The molecule has 1 amide bonds. The Hall–Kier alpha value is -2.28. The Labute approximate surface area is 134 Å². The summed E-state index contributed by atoms with van der Waals surface area (Å²) in [4.78, 5) is 23.4. The molecule has 3 heterocycles. The van der Waals surface area contributed by atoms with Crippen molar-refractivity contribution >= 4 is 5.91 Å². The van der Waals surface area contributed by atoms with Gasteiger partial charge in [-0.25, -0.2) is 0 Å². The molecule has 1 aliphatic heterocycles. The summed E-state index contributed by atoms with van der Waals surface area (Å²) < 4.78 is 10.3. The lowest BCUT2D eigenvalue weighted by Crippen LogP contribution is -2.32. The van der Waals surface area contributed by atoms with Crippen LogP contribution in [0.3, 0.4) is 0 Å². The predicted octanol–water partition coefficient (Wildman–Crippen LogP) is 2.21. The van der Waals surface area contributed by atoms with Crippen LogP contribution in [0, 0.1) is 13.8 Å². The summed E-state index contributed by atoms with van der Waals surface area (Å²) in [5.41, 5.74) is 2.71. The normalized spacial score (nSPS) is 17.7. The van der Waals surface area contributed by atoms with Crippen molar-refractivity contribution in [3.8, 4) is 0 Å². The van der Waals surface area contributed by atoms with Gasteiger partial charge in [-0.3, -0.25) is 14.8 Å². The fourth-order valence-electron chi connectivity index (χ4n) is 2.97. The molecule has 1 fully saturated rings. The maximum absolute atomic E-state index is 12.9. The van der Waals surface area contributed by atoms with Crippen molar-refractivity contribution in [2.24, 2.45) is 0 Å². The first-order chi connectivity index (χ1) is 11.1. The zero-order chi connectivity index (χ0) is 16.4. The second kappa shape index (κ2) is 6.45. The van der Waals surface area contributed by atoms with Crippen LogP contribution in [0.4, 0.5) is 0 Å².